The maximum atomic E-state index is 13.0. The molecule has 1 aromatic heterocycles. The van der Waals surface area contributed by atoms with Crippen LogP contribution in [-0.2, 0) is 21.2 Å². The summed E-state index contributed by atoms with van der Waals surface area (Å²) < 4.78 is 33.9. The van der Waals surface area contributed by atoms with Gasteiger partial charge in [0.25, 0.3) is 0 Å². The van der Waals surface area contributed by atoms with Crippen LogP contribution in [0, 0.1) is 6.92 Å². The van der Waals surface area contributed by atoms with Crippen molar-refractivity contribution in [2.24, 2.45) is 4.99 Å². The lowest BCUT2D eigenvalue weighted by Crippen LogP contribution is -2.40. The zero-order chi connectivity index (χ0) is 23.3. The van der Waals surface area contributed by atoms with Crippen molar-refractivity contribution in [3.05, 3.63) is 59.2 Å². The van der Waals surface area contributed by atoms with Crippen molar-refractivity contribution in [2.45, 2.75) is 62.8 Å². The number of aromatic nitrogens is 1. The summed E-state index contributed by atoms with van der Waals surface area (Å²) in [6.45, 7) is 3.61. The minimum atomic E-state index is -3.51. The van der Waals surface area contributed by atoms with Crippen molar-refractivity contribution >= 4 is 15.9 Å². The summed E-state index contributed by atoms with van der Waals surface area (Å²) in [6, 6.07) is 11.1. The molecule has 2 aliphatic rings. The molecule has 33 heavy (non-hydrogen) atoms. The van der Waals surface area contributed by atoms with Gasteiger partial charge in [0.05, 0.1) is 24.2 Å². The third-order valence-electron chi connectivity index (χ3n) is 6.41. The van der Waals surface area contributed by atoms with Crippen molar-refractivity contribution in [3.63, 3.8) is 0 Å². The Hall–Kier alpha value is -2.29. The first kappa shape index (κ1) is 23.9. The Kier molecular flexibility index (Phi) is 7.78. The standard InChI is InChI=1S/C25H33N3O4S/c1-20-13-14-28(24(19-20)26-22-5-3-2-4-6-22)25(29)12-9-21-7-10-23(11-8-21)33(30,31)27-15-17-32-18-16-27/h7-8,10-11,13-14,19,22H,2-6,9,12,15-18H2,1H3. The molecule has 0 bridgehead atoms. The minimum absolute atomic E-state index is 0.00502. The largest absolute Gasteiger partial charge is 0.379 e. The molecule has 2 fully saturated rings. The smallest absolute Gasteiger partial charge is 0.243 e. The lowest BCUT2D eigenvalue weighted by atomic mass is 9.96. The van der Waals surface area contributed by atoms with E-state index in [1.807, 2.05) is 25.3 Å². The van der Waals surface area contributed by atoms with Crippen LogP contribution in [0.2, 0.25) is 0 Å². The predicted molar refractivity (Wildman–Crippen MR) is 127 cm³/mol. The fourth-order valence-electron chi connectivity index (χ4n) is 4.43. The lowest BCUT2D eigenvalue weighted by Gasteiger charge is -2.26. The number of aryl methyl sites for hydroxylation is 2. The molecular weight excluding hydrogens is 438 g/mol. The van der Waals surface area contributed by atoms with E-state index >= 15 is 0 Å². The Balaban J connectivity index is 1.43. The van der Waals surface area contributed by atoms with E-state index < -0.39 is 10.0 Å². The van der Waals surface area contributed by atoms with E-state index in [1.54, 1.807) is 28.8 Å². The summed E-state index contributed by atoms with van der Waals surface area (Å²) in [6.07, 6.45) is 8.53. The van der Waals surface area contributed by atoms with Crippen LogP contribution in [0.15, 0.2) is 52.5 Å². The van der Waals surface area contributed by atoms with Crippen LogP contribution < -0.4 is 5.49 Å². The molecule has 1 saturated carbocycles. The summed E-state index contributed by atoms with van der Waals surface area (Å²) in [4.78, 5) is 18.2. The first-order valence-electron chi connectivity index (χ1n) is 11.9. The molecule has 0 unspecified atom stereocenters. The van der Waals surface area contributed by atoms with Gasteiger partial charge in [0.1, 0.15) is 5.49 Å². The number of pyridine rings is 1. The number of carbonyl (C=O) groups is 1. The van der Waals surface area contributed by atoms with Gasteiger partial charge in [0.15, 0.2) is 0 Å². The molecule has 2 aromatic rings. The second kappa shape index (κ2) is 10.8. The average molecular weight is 472 g/mol. The number of benzene rings is 1. The molecule has 2 heterocycles. The highest BCUT2D eigenvalue weighted by Gasteiger charge is 2.26. The van der Waals surface area contributed by atoms with E-state index in [0.717, 1.165) is 29.5 Å². The van der Waals surface area contributed by atoms with Gasteiger partial charge in [-0.15, -0.1) is 0 Å². The van der Waals surface area contributed by atoms with Gasteiger partial charge in [-0.3, -0.25) is 14.4 Å². The van der Waals surface area contributed by atoms with Crippen LogP contribution >= 0.6 is 0 Å². The van der Waals surface area contributed by atoms with Crippen molar-refractivity contribution in [2.75, 3.05) is 26.3 Å². The molecule has 1 aliphatic carbocycles. The molecule has 8 heteroatoms. The number of ether oxygens (including phenoxy) is 1. The summed E-state index contributed by atoms with van der Waals surface area (Å²) in [5, 5.41) is 0. The topological polar surface area (TPSA) is 81.0 Å². The van der Waals surface area contributed by atoms with E-state index in [0.29, 0.717) is 45.2 Å². The highest BCUT2D eigenvalue weighted by molar-refractivity contribution is 7.89. The van der Waals surface area contributed by atoms with Gasteiger partial charge in [-0.1, -0.05) is 31.4 Å². The Morgan fingerprint density at radius 1 is 1.06 bits per heavy atom. The van der Waals surface area contributed by atoms with Crippen LogP contribution in [0.3, 0.4) is 0 Å². The number of hydrogen-bond acceptors (Lipinski definition) is 5. The van der Waals surface area contributed by atoms with E-state index in [-0.39, 0.29) is 10.8 Å². The van der Waals surface area contributed by atoms with Crippen molar-refractivity contribution in [3.8, 4) is 0 Å². The maximum absolute atomic E-state index is 13.0. The van der Waals surface area contributed by atoms with Crippen LogP contribution in [0.25, 0.3) is 0 Å². The van der Waals surface area contributed by atoms with Crippen LogP contribution in [0.4, 0.5) is 0 Å². The number of carbonyl (C=O) groups excluding carboxylic acids is 1. The van der Waals surface area contributed by atoms with Crippen molar-refractivity contribution in [1.29, 1.82) is 0 Å². The maximum Gasteiger partial charge on any atom is 0.243 e. The van der Waals surface area contributed by atoms with Crippen molar-refractivity contribution < 1.29 is 17.9 Å². The molecule has 0 amide bonds. The monoisotopic (exact) mass is 471 g/mol. The Bertz CT molecular complexity index is 1130. The molecule has 4 rings (SSSR count). The van der Waals surface area contributed by atoms with E-state index in [4.69, 9.17) is 9.73 Å². The highest BCUT2D eigenvalue weighted by atomic mass is 32.2. The fraction of sp³-hybridized carbons (Fsp3) is 0.520. The van der Waals surface area contributed by atoms with Gasteiger partial charge < -0.3 is 4.74 Å². The predicted octanol–water partition coefficient (Wildman–Crippen LogP) is 3.32. The molecule has 1 saturated heterocycles. The average Bonchev–Trinajstić information content (AvgIpc) is 2.84. The Labute approximate surface area is 196 Å². The molecule has 0 N–H and O–H groups in total. The summed E-state index contributed by atoms with van der Waals surface area (Å²) in [5.74, 6) is -0.00502. The normalized spacial score (nSPS) is 19.0. The van der Waals surface area contributed by atoms with Gasteiger partial charge in [0, 0.05) is 25.7 Å². The SMILES string of the molecule is Cc1ccn(C(=O)CCc2ccc(S(=O)(=O)N3CCOCC3)cc2)c(=NC2CCCCC2)c1. The molecule has 0 atom stereocenters. The van der Waals surface area contributed by atoms with Crippen LogP contribution in [0.1, 0.15) is 54.4 Å². The molecule has 0 spiro atoms. The van der Waals surface area contributed by atoms with Gasteiger partial charge in [-0.05, 0) is 61.6 Å². The number of hydrogen-bond donors (Lipinski definition) is 0. The number of morpholine rings is 1. The van der Waals surface area contributed by atoms with E-state index in [2.05, 4.69) is 0 Å². The molecule has 178 valence electrons. The fourth-order valence-corrected chi connectivity index (χ4v) is 5.84. The molecule has 0 radical (unpaired) electrons. The van der Waals surface area contributed by atoms with E-state index in [1.165, 1.54) is 23.6 Å². The second-order valence-electron chi connectivity index (χ2n) is 8.91. The summed E-state index contributed by atoms with van der Waals surface area (Å²) >= 11 is 0. The first-order valence-corrected chi connectivity index (χ1v) is 13.3. The molecule has 7 nitrogen and oxygen atoms in total. The van der Waals surface area contributed by atoms with Crippen LogP contribution in [0.5, 0.6) is 0 Å². The number of sulfonamides is 1. The van der Waals surface area contributed by atoms with Crippen LogP contribution in [-0.4, -0.2) is 55.5 Å². The third-order valence-corrected chi connectivity index (χ3v) is 8.32. The lowest BCUT2D eigenvalue weighted by molar-refractivity contribution is 0.0730. The van der Waals surface area contributed by atoms with Gasteiger partial charge in [-0.2, -0.15) is 4.31 Å². The van der Waals surface area contributed by atoms with E-state index in [9.17, 15) is 13.2 Å². The molecule has 1 aliphatic heterocycles. The number of rotatable bonds is 6. The first-order chi connectivity index (χ1) is 15.9. The van der Waals surface area contributed by atoms with Crippen molar-refractivity contribution in [1.82, 2.24) is 8.87 Å². The Morgan fingerprint density at radius 2 is 1.76 bits per heavy atom. The highest BCUT2D eigenvalue weighted by Crippen LogP contribution is 2.20. The number of nitrogens with zero attached hydrogens (tertiary/aromatic N) is 3. The zero-order valence-electron chi connectivity index (χ0n) is 19.3. The van der Waals surface area contributed by atoms with Gasteiger partial charge in [0.2, 0.25) is 15.9 Å². The third kappa shape index (κ3) is 5.99. The zero-order valence-corrected chi connectivity index (χ0v) is 20.1. The minimum Gasteiger partial charge on any atom is -0.379 e. The van der Waals surface area contributed by atoms with Gasteiger partial charge >= 0.3 is 0 Å². The quantitative estimate of drug-likeness (QED) is 0.647. The molecule has 1 aromatic carbocycles. The molecular formula is C25H33N3O4S. The summed E-state index contributed by atoms with van der Waals surface area (Å²) in [7, 11) is -3.51. The summed E-state index contributed by atoms with van der Waals surface area (Å²) in [5.41, 5.74) is 2.76. The Morgan fingerprint density at radius 3 is 2.45 bits per heavy atom. The second-order valence-corrected chi connectivity index (χ2v) is 10.8. The van der Waals surface area contributed by atoms with Gasteiger partial charge in [-0.25, -0.2) is 8.42 Å².